The van der Waals surface area contributed by atoms with Crippen molar-refractivity contribution >= 4 is 53.9 Å². The van der Waals surface area contributed by atoms with E-state index in [1.807, 2.05) is 35.9 Å². The summed E-state index contributed by atoms with van der Waals surface area (Å²) in [6, 6.07) is 18.1. The summed E-state index contributed by atoms with van der Waals surface area (Å²) in [7, 11) is 0.869. The number of nitrogens with one attached hydrogen (secondary N) is 4. The maximum atomic E-state index is 13.8. The van der Waals surface area contributed by atoms with Crippen LogP contribution in [0.1, 0.15) is 76.1 Å². The lowest BCUT2D eigenvalue weighted by Crippen LogP contribution is -2.49. The smallest absolute Gasteiger partial charge is 0.407 e. The number of hydrogen-bond donors (Lipinski definition) is 4. The van der Waals surface area contributed by atoms with E-state index in [2.05, 4.69) is 82.2 Å². The highest BCUT2D eigenvalue weighted by Crippen LogP contribution is 2.39. The maximum Gasteiger partial charge on any atom is 0.407 e. The highest BCUT2D eigenvalue weighted by atomic mass is 28.3. The molecule has 0 saturated carbocycles. The van der Waals surface area contributed by atoms with Gasteiger partial charge in [-0.15, -0.1) is 0 Å². The summed E-state index contributed by atoms with van der Waals surface area (Å²) in [6.45, 7) is 9.15. The highest BCUT2D eigenvalue weighted by molar-refractivity contribution is 6.78. The summed E-state index contributed by atoms with van der Waals surface area (Å²) in [4.78, 5) is 72.1. The minimum Gasteiger partial charge on any atom is -0.453 e. The Balaban J connectivity index is 1.08. The molecule has 15 heteroatoms. The van der Waals surface area contributed by atoms with Crippen LogP contribution in [-0.4, -0.2) is 101 Å². The number of ether oxygens (including phenoxy) is 2. The predicted octanol–water partition coefficient (Wildman–Crippen LogP) is 7.62. The molecule has 5 aromatic rings. The first-order valence-corrected chi connectivity index (χ1v) is 23.7. The van der Waals surface area contributed by atoms with Crippen LogP contribution in [0.2, 0.25) is 19.1 Å². The average Bonchev–Trinajstić information content (AvgIpc) is 4.05. The molecule has 2 aliphatic heterocycles. The van der Waals surface area contributed by atoms with E-state index in [9.17, 15) is 19.2 Å². The molecule has 4 N–H and O–H groups in total. The summed E-state index contributed by atoms with van der Waals surface area (Å²) in [6.07, 6.45) is 5.50. The number of carbonyl (C=O) groups excluding carboxylic acids is 4. The number of aromatic nitrogens is 4. The number of imidazole rings is 2. The molecule has 4 amide bonds. The normalized spacial score (nSPS) is 18.7. The molecule has 3 aromatic carbocycles. The number of benzene rings is 3. The number of hydrogen-bond acceptors (Lipinski definition) is 8. The third kappa shape index (κ3) is 8.31. The lowest BCUT2D eigenvalue weighted by atomic mass is 9.99. The molecule has 0 spiro atoms. The molecule has 4 atom stereocenters. The molecule has 1 unspecified atom stereocenters. The monoisotopic (exact) mass is 806 g/mol. The minimum absolute atomic E-state index is 0.0965. The zero-order valence-corrected chi connectivity index (χ0v) is 35.2. The number of rotatable bonds is 12. The summed E-state index contributed by atoms with van der Waals surface area (Å²) < 4.78 is 9.59. The average molecular weight is 807 g/mol. The molecular formula is C43H54N8O6Si. The Bertz CT molecular complexity index is 2300. The fourth-order valence-electron chi connectivity index (χ4n) is 8.61. The van der Waals surface area contributed by atoms with Crippen molar-refractivity contribution < 1.29 is 28.7 Å². The number of amides is 4. The Hall–Kier alpha value is -5.70. The van der Waals surface area contributed by atoms with Crippen molar-refractivity contribution in [1.29, 1.82) is 0 Å². The van der Waals surface area contributed by atoms with Gasteiger partial charge < -0.3 is 39.9 Å². The van der Waals surface area contributed by atoms with E-state index in [-0.39, 0.29) is 23.9 Å². The SMILES string of the molecule is CCCC(NC(=O)OC)C(=O)N1C[Si](C)(C)C[C@H]1c1ncc(-c2ccc(-c3ccc4c(ccc5[nH]c([C@@H]6CCCN6C(=O)[C@H](CCC)NC(=O)OC)nc54)c3)cc2)[nH]1. The number of fused-ring (bicyclic) bond motifs is 3. The van der Waals surface area contributed by atoms with Crippen LogP contribution in [0.15, 0.2) is 60.8 Å². The van der Waals surface area contributed by atoms with Crippen molar-refractivity contribution in [3.63, 3.8) is 0 Å². The standard InChI is InChI=1S/C43H54N8O6Si/c1-7-10-32(47-42(54)56-3)40(52)50-21-9-12-35(50)39-45-31-20-18-29-22-28(17-19-30(29)37(31)49-39)26-13-15-27(16-14-26)34-23-44-38(46-34)36-24-58(5,6)25-51(36)41(53)33(11-8-2)48-43(55)57-4/h13-20,22-23,32-33,35-36H,7-12,21,24-25H2,1-6H3,(H,44,46)(H,45,49)(H,47,54)(H,48,55)/t32-,33?,35-,36-/m0/s1. The molecule has 2 aliphatic rings. The molecule has 0 bridgehead atoms. The van der Waals surface area contributed by atoms with E-state index in [0.29, 0.717) is 25.6 Å². The van der Waals surface area contributed by atoms with E-state index in [0.717, 1.165) is 87.6 Å². The molecule has 58 heavy (non-hydrogen) atoms. The molecule has 306 valence electrons. The quantitative estimate of drug-likeness (QED) is 0.0932. The second kappa shape index (κ2) is 17.0. The Morgan fingerprint density at radius 2 is 1.45 bits per heavy atom. The molecule has 2 aromatic heterocycles. The number of alkyl carbamates (subject to hydrolysis) is 2. The first kappa shape index (κ1) is 40.5. The minimum atomic E-state index is -1.74. The Morgan fingerprint density at radius 1 is 0.810 bits per heavy atom. The molecule has 0 radical (unpaired) electrons. The van der Waals surface area contributed by atoms with Crippen LogP contribution in [0.3, 0.4) is 0 Å². The van der Waals surface area contributed by atoms with Gasteiger partial charge in [-0.25, -0.2) is 19.6 Å². The largest absolute Gasteiger partial charge is 0.453 e. The first-order chi connectivity index (χ1) is 27.9. The Labute approximate surface area is 339 Å². The van der Waals surface area contributed by atoms with Gasteiger partial charge in [0, 0.05) is 18.1 Å². The molecule has 2 saturated heterocycles. The Kier molecular flexibility index (Phi) is 11.9. The van der Waals surface area contributed by atoms with Gasteiger partial charge in [-0.3, -0.25) is 9.59 Å². The number of aromatic amines is 2. The van der Waals surface area contributed by atoms with Gasteiger partial charge in [-0.2, -0.15) is 0 Å². The van der Waals surface area contributed by atoms with Crippen molar-refractivity contribution in [2.24, 2.45) is 0 Å². The summed E-state index contributed by atoms with van der Waals surface area (Å²) in [5, 5.41) is 7.53. The van der Waals surface area contributed by atoms with Crippen molar-refractivity contribution in [3.8, 4) is 22.4 Å². The van der Waals surface area contributed by atoms with E-state index in [1.165, 1.54) is 14.2 Å². The second-order valence-corrected chi connectivity index (χ2v) is 21.3. The lowest BCUT2D eigenvalue weighted by Gasteiger charge is -2.28. The van der Waals surface area contributed by atoms with E-state index in [4.69, 9.17) is 19.4 Å². The molecular weight excluding hydrogens is 753 g/mol. The van der Waals surface area contributed by atoms with Gasteiger partial charge in [0.05, 0.1) is 57.3 Å². The van der Waals surface area contributed by atoms with Crippen LogP contribution in [0, 0.1) is 0 Å². The summed E-state index contributed by atoms with van der Waals surface area (Å²) in [5.41, 5.74) is 5.76. The predicted molar refractivity (Wildman–Crippen MR) is 226 cm³/mol. The number of H-pyrrole nitrogens is 2. The zero-order valence-electron chi connectivity index (χ0n) is 34.2. The molecule has 4 heterocycles. The van der Waals surface area contributed by atoms with Crippen molar-refractivity contribution in [2.75, 3.05) is 26.9 Å². The van der Waals surface area contributed by atoms with Crippen molar-refractivity contribution in [2.45, 2.75) is 95.7 Å². The van der Waals surface area contributed by atoms with Gasteiger partial charge in [-0.05, 0) is 65.9 Å². The van der Waals surface area contributed by atoms with Crippen LogP contribution in [0.5, 0.6) is 0 Å². The number of nitrogens with zero attached hydrogens (tertiary/aromatic N) is 4. The van der Waals surface area contributed by atoms with Gasteiger partial charge in [0.25, 0.3) is 0 Å². The summed E-state index contributed by atoms with van der Waals surface area (Å²) in [5.74, 6) is 1.29. The third-order valence-corrected chi connectivity index (χ3v) is 14.2. The van der Waals surface area contributed by atoms with Crippen LogP contribution < -0.4 is 10.6 Å². The fourth-order valence-corrected chi connectivity index (χ4v) is 11.5. The zero-order chi connectivity index (χ0) is 41.1. The Morgan fingerprint density at radius 3 is 2.10 bits per heavy atom. The van der Waals surface area contributed by atoms with E-state index >= 15 is 0 Å². The second-order valence-electron chi connectivity index (χ2n) is 16.3. The van der Waals surface area contributed by atoms with E-state index < -0.39 is 32.3 Å². The van der Waals surface area contributed by atoms with Crippen LogP contribution in [-0.2, 0) is 19.1 Å². The molecule has 7 rings (SSSR count). The number of likely N-dealkylation sites (tertiary alicyclic amines) is 1. The van der Waals surface area contributed by atoms with Gasteiger partial charge in [0.15, 0.2) is 0 Å². The number of methoxy groups -OCH3 is 2. The molecule has 14 nitrogen and oxygen atoms in total. The van der Waals surface area contributed by atoms with Gasteiger partial charge >= 0.3 is 12.2 Å². The number of carbonyl (C=O) groups is 4. The van der Waals surface area contributed by atoms with Crippen LogP contribution in [0.25, 0.3) is 44.2 Å². The van der Waals surface area contributed by atoms with Crippen molar-refractivity contribution in [1.82, 2.24) is 40.4 Å². The van der Waals surface area contributed by atoms with Gasteiger partial charge in [0.2, 0.25) is 11.8 Å². The molecule has 0 aliphatic carbocycles. The highest BCUT2D eigenvalue weighted by Gasteiger charge is 2.45. The molecule has 2 fully saturated rings. The topological polar surface area (TPSA) is 175 Å². The third-order valence-electron chi connectivity index (χ3n) is 11.5. The van der Waals surface area contributed by atoms with Gasteiger partial charge in [-0.1, -0.05) is 82.2 Å². The van der Waals surface area contributed by atoms with Gasteiger partial charge in [0.1, 0.15) is 23.7 Å². The van der Waals surface area contributed by atoms with Crippen LogP contribution >= 0.6 is 0 Å². The van der Waals surface area contributed by atoms with Crippen molar-refractivity contribution in [3.05, 3.63) is 72.4 Å². The fraction of sp³-hybridized carbons (Fsp3) is 0.442. The maximum absolute atomic E-state index is 13.8. The van der Waals surface area contributed by atoms with Crippen LogP contribution in [0.4, 0.5) is 9.59 Å². The summed E-state index contributed by atoms with van der Waals surface area (Å²) >= 11 is 0. The first-order valence-electron chi connectivity index (χ1n) is 20.3. The van der Waals surface area contributed by atoms with E-state index in [1.54, 1.807) is 0 Å². The lowest BCUT2D eigenvalue weighted by molar-refractivity contribution is -0.135.